The van der Waals surface area contributed by atoms with E-state index in [0.29, 0.717) is 17.9 Å². The van der Waals surface area contributed by atoms with E-state index in [2.05, 4.69) is 17.0 Å². The lowest BCUT2D eigenvalue weighted by molar-refractivity contribution is -0.155. The van der Waals surface area contributed by atoms with Gasteiger partial charge in [0, 0.05) is 31.5 Å². The zero-order valence-electron chi connectivity index (χ0n) is 24.8. The van der Waals surface area contributed by atoms with E-state index >= 15 is 0 Å². The van der Waals surface area contributed by atoms with Crippen LogP contribution in [0.3, 0.4) is 0 Å². The zero-order valence-corrected chi connectivity index (χ0v) is 25.6. The second-order valence-corrected chi connectivity index (χ2v) is 9.45. The predicted octanol–water partition coefficient (Wildman–Crippen LogP) is 5.21. The van der Waals surface area contributed by atoms with Crippen LogP contribution in [0.4, 0.5) is 0 Å². The lowest BCUT2D eigenvalue weighted by atomic mass is 10.0. The van der Waals surface area contributed by atoms with Crippen molar-refractivity contribution in [2.75, 3.05) is 38.9 Å². The first kappa shape index (κ1) is 40.7. The predicted molar refractivity (Wildman–Crippen MR) is 154 cm³/mol. The molecule has 38 heavy (non-hydrogen) atoms. The first-order valence-corrected chi connectivity index (χ1v) is 15.3. The number of nitrogens with one attached hydrogen (secondary N) is 1. The van der Waals surface area contributed by atoms with Crippen molar-refractivity contribution < 1.29 is 38.5 Å². The minimum atomic E-state index is -0.492. The smallest absolute Gasteiger partial charge is 0.325 e. The Labute approximate surface area is 235 Å². The molecule has 10 heteroatoms. The number of carbonyl (C=O) groups excluding carboxylic acids is 4. The fraction of sp³-hybridized carbons (Fsp3) is 0.857. The molecule has 0 radical (unpaired) electrons. The van der Waals surface area contributed by atoms with Crippen LogP contribution >= 0.6 is 11.8 Å². The highest BCUT2D eigenvalue weighted by Gasteiger charge is 2.18. The molecule has 0 aromatic rings. The topological polar surface area (TPSA) is 128 Å². The molecule has 226 valence electrons. The van der Waals surface area contributed by atoms with Gasteiger partial charge in [-0.05, 0) is 12.8 Å². The number of methoxy groups -OCH3 is 1. The van der Waals surface area contributed by atoms with E-state index in [1.54, 1.807) is 6.92 Å². The molecular weight excluding hydrogens is 510 g/mol. The molecule has 0 aliphatic carbocycles. The molecule has 0 aromatic carbocycles. The fourth-order valence-corrected chi connectivity index (χ4v) is 3.95. The van der Waals surface area contributed by atoms with Gasteiger partial charge in [-0.2, -0.15) is 11.8 Å². The number of rotatable bonds is 22. The summed E-state index contributed by atoms with van der Waals surface area (Å²) in [6.45, 7) is 8.06. The highest BCUT2D eigenvalue weighted by molar-refractivity contribution is 7.99. The molecule has 0 saturated carbocycles. The number of hydrogen-bond acceptors (Lipinski definition) is 9. The van der Waals surface area contributed by atoms with Gasteiger partial charge in [0.05, 0.1) is 13.5 Å². The molecule has 1 atom stereocenters. The molecule has 0 spiro atoms. The summed E-state index contributed by atoms with van der Waals surface area (Å²) >= 11 is 1.48. The summed E-state index contributed by atoms with van der Waals surface area (Å²) in [7, 11) is 2.26. The third-order valence-corrected chi connectivity index (χ3v) is 6.18. The Hall–Kier alpha value is -1.81. The van der Waals surface area contributed by atoms with E-state index in [0.717, 1.165) is 20.0 Å². The standard InChI is InChI=1S/C25H45NO7S.C2H6.CH4O/c1-4-6-7-8-9-10-11-12-13-14-21(33-23(28)5-2)19-24(29)32-16-18-34-17-15-22(27)26-20-25(30)31-3;2*1-2/h21H,4-20H2,1-3H3,(H,26,27);1-2H3;2H,1H3. The molecule has 9 nitrogen and oxygen atoms in total. The molecule has 0 rings (SSSR count). The largest absolute Gasteiger partial charge is 0.468 e. The Bertz CT molecular complexity index is 575. The number of unbranched alkanes of at least 4 members (excludes halogenated alkanes) is 8. The van der Waals surface area contributed by atoms with Crippen LogP contribution in [0, 0.1) is 0 Å². The number of esters is 3. The number of amides is 1. The number of hydrogen-bond donors (Lipinski definition) is 2. The Morgan fingerprint density at radius 3 is 1.95 bits per heavy atom. The van der Waals surface area contributed by atoms with Crippen LogP contribution in [0.2, 0.25) is 0 Å². The lowest BCUT2D eigenvalue weighted by Crippen LogP contribution is -2.30. The maximum atomic E-state index is 12.2. The zero-order chi connectivity index (χ0) is 29.4. The first-order valence-electron chi connectivity index (χ1n) is 14.1. The van der Waals surface area contributed by atoms with Crippen molar-refractivity contribution >= 4 is 35.6 Å². The Morgan fingerprint density at radius 1 is 0.816 bits per heavy atom. The third-order valence-electron chi connectivity index (χ3n) is 5.23. The Balaban J connectivity index is -0.00000291. The highest BCUT2D eigenvalue weighted by atomic mass is 32.2. The van der Waals surface area contributed by atoms with Crippen molar-refractivity contribution in [3.63, 3.8) is 0 Å². The summed E-state index contributed by atoms with van der Waals surface area (Å²) < 4.78 is 15.2. The van der Waals surface area contributed by atoms with Gasteiger partial charge in [-0.3, -0.25) is 19.2 Å². The minimum Gasteiger partial charge on any atom is -0.468 e. The van der Waals surface area contributed by atoms with Gasteiger partial charge >= 0.3 is 17.9 Å². The molecule has 0 saturated heterocycles. The maximum Gasteiger partial charge on any atom is 0.325 e. The molecule has 0 bridgehead atoms. The van der Waals surface area contributed by atoms with Crippen LogP contribution in [-0.4, -0.2) is 73.9 Å². The molecule has 0 aliphatic rings. The molecule has 1 unspecified atom stereocenters. The number of aliphatic hydroxyl groups excluding tert-OH is 1. The number of aliphatic hydroxyl groups is 1. The monoisotopic (exact) mass is 565 g/mol. The van der Waals surface area contributed by atoms with Gasteiger partial charge in [-0.1, -0.05) is 79.1 Å². The van der Waals surface area contributed by atoms with Gasteiger partial charge < -0.3 is 24.6 Å². The molecular formula is C28H55NO8S. The first-order chi connectivity index (χ1) is 18.4. The van der Waals surface area contributed by atoms with Crippen molar-refractivity contribution in [2.24, 2.45) is 0 Å². The average Bonchev–Trinajstić information content (AvgIpc) is 2.94. The van der Waals surface area contributed by atoms with Gasteiger partial charge in [0.2, 0.25) is 5.91 Å². The Morgan fingerprint density at radius 2 is 1.39 bits per heavy atom. The van der Waals surface area contributed by atoms with E-state index in [9.17, 15) is 19.2 Å². The number of carbonyl (C=O) groups is 4. The average molecular weight is 566 g/mol. The maximum absolute atomic E-state index is 12.2. The van der Waals surface area contributed by atoms with Gasteiger partial charge in [-0.25, -0.2) is 0 Å². The van der Waals surface area contributed by atoms with Gasteiger partial charge in [0.25, 0.3) is 0 Å². The normalized spacial score (nSPS) is 10.6. The van der Waals surface area contributed by atoms with Gasteiger partial charge in [0.15, 0.2) is 0 Å². The molecule has 0 aromatic heterocycles. The van der Waals surface area contributed by atoms with Crippen LogP contribution in [0.5, 0.6) is 0 Å². The van der Waals surface area contributed by atoms with E-state index < -0.39 is 12.1 Å². The van der Waals surface area contributed by atoms with Crippen molar-refractivity contribution in [3.8, 4) is 0 Å². The van der Waals surface area contributed by atoms with Crippen molar-refractivity contribution in [1.29, 1.82) is 0 Å². The highest BCUT2D eigenvalue weighted by Crippen LogP contribution is 2.15. The van der Waals surface area contributed by atoms with Crippen molar-refractivity contribution in [2.45, 2.75) is 117 Å². The fourth-order valence-electron chi connectivity index (χ4n) is 3.21. The summed E-state index contributed by atoms with van der Waals surface area (Å²) in [6, 6.07) is 0. The van der Waals surface area contributed by atoms with Crippen LogP contribution < -0.4 is 5.32 Å². The Kier molecular flexibility index (Phi) is 35.6. The van der Waals surface area contributed by atoms with Crippen LogP contribution in [0.1, 0.15) is 111 Å². The SMILES string of the molecule is CC.CCCCCCCCCCCC(CC(=O)OCCSCCC(=O)NCC(=O)OC)OC(=O)CC.CO. The van der Waals surface area contributed by atoms with Crippen molar-refractivity contribution in [3.05, 3.63) is 0 Å². The summed E-state index contributed by atoms with van der Waals surface area (Å²) in [5.74, 6) is -0.273. The van der Waals surface area contributed by atoms with Gasteiger partial charge in [0.1, 0.15) is 19.3 Å². The number of thioether (sulfide) groups is 1. The summed E-state index contributed by atoms with van der Waals surface area (Å²) in [6.07, 6.45) is 11.7. The molecule has 2 N–H and O–H groups in total. The lowest BCUT2D eigenvalue weighted by Gasteiger charge is -2.17. The second-order valence-electron chi connectivity index (χ2n) is 8.22. The third kappa shape index (κ3) is 30.4. The molecule has 0 aliphatic heterocycles. The van der Waals surface area contributed by atoms with Crippen LogP contribution in [-0.2, 0) is 33.4 Å². The summed E-state index contributed by atoms with van der Waals surface area (Å²) in [4.78, 5) is 46.4. The van der Waals surface area contributed by atoms with E-state index in [1.807, 2.05) is 13.8 Å². The number of ether oxygens (including phenoxy) is 3. The summed E-state index contributed by atoms with van der Waals surface area (Å²) in [5.41, 5.74) is 0. The van der Waals surface area contributed by atoms with Crippen molar-refractivity contribution in [1.82, 2.24) is 5.32 Å². The minimum absolute atomic E-state index is 0.0728. The van der Waals surface area contributed by atoms with Crippen LogP contribution in [0.25, 0.3) is 0 Å². The molecule has 1 amide bonds. The van der Waals surface area contributed by atoms with E-state index in [-0.39, 0.29) is 50.3 Å². The molecule has 0 fully saturated rings. The quantitative estimate of drug-likeness (QED) is 0.103. The van der Waals surface area contributed by atoms with E-state index in [1.165, 1.54) is 63.8 Å². The van der Waals surface area contributed by atoms with Gasteiger partial charge in [-0.15, -0.1) is 0 Å². The van der Waals surface area contributed by atoms with E-state index in [4.69, 9.17) is 14.6 Å². The van der Waals surface area contributed by atoms with Crippen LogP contribution in [0.15, 0.2) is 0 Å². The summed E-state index contributed by atoms with van der Waals surface area (Å²) in [5, 5.41) is 9.47. The molecule has 0 heterocycles. The second kappa shape index (κ2) is 33.2.